The van der Waals surface area contributed by atoms with Crippen molar-refractivity contribution in [2.75, 3.05) is 17.2 Å². The number of hydrogen-bond donors (Lipinski definition) is 2. The van der Waals surface area contributed by atoms with Gasteiger partial charge in [-0.1, -0.05) is 36.0 Å². The summed E-state index contributed by atoms with van der Waals surface area (Å²) in [5.74, 6) is -0.419. The Morgan fingerprint density at radius 1 is 1.16 bits per heavy atom. The molecular weight excluding hydrogens is 410 g/mol. The van der Waals surface area contributed by atoms with Crippen molar-refractivity contribution >= 4 is 45.7 Å². The predicted molar refractivity (Wildman–Crippen MR) is 128 cm³/mol. The van der Waals surface area contributed by atoms with Crippen molar-refractivity contribution in [3.8, 4) is 0 Å². The Labute approximate surface area is 187 Å². The van der Waals surface area contributed by atoms with Crippen LogP contribution in [0.25, 0.3) is 0 Å². The van der Waals surface area contributed by atoms with Gasteiger partial charge in [0.2, 0.25) is 5.91 Å². The highest BCUT2D eigenvalue weighted by atomic mass is 32.2. The van der Waals surface area contributed by atoms with Crippen LogP contribution in [0.5, 0.6) is 0 Å². The second-order valence-electron chi connectivity index (χ2n) is 7.24. The molecule has 6 nitrogen and oxygen atoms in total. The van der Waals surface area contributed by atoms with Crippen LogP contribution >= 0.6 is 11.8 Å². The third kappa shape index (κ3) is 5.98. The van der Waals surface area contributed by atoms with Crippen molar-refractivity contribution in [2.24, 2.45) is 4.99 Å². The topological polar surface area (TPSA) is 79.8 Å². The Bertz CT molecular complexity index is 1050. The molecule has 1 aliphatic rings. The molecule has 0 bridgehead atoms. The molecule has 0 fully saturated rings. The third-order valence-corrected chi connectivity index (χ3v) is 5.92. The highest BCUT2D eigenvalue weighted by Crippen LogP contribution is 2.32. The normalized spacial score (nSPS) is 13.7. The van der Waals surface area contributed by atoms with Crippen LogP contribution in [0.3, 0.4) is 0 Å². The third-order valence-electron chi connectivity index (χ3n) is 4.90. The number of carbonyl (C=O) groups is 2. The Morgan fingerprint density at radius 3 is 2.71 bits per heavy atom. The summed E-state index contributed by atoms with van der Waals surface area (Å²) in [6.07, 6.45) is 1.91. The van der Waals surface area contributed by atoms with Crippen molar-refractivity contribution in [3.63, 3.8) is 0 Å². The minimum absolute atomic E-state index is 0.102. The maximum absolute atomic E-state index is 12.8. The summed E-state index contributed by atoms with van der Waals surface area (Å²) in [6.45, 7) is 7.96. The summed E-state index contributed by atoms with van der Waals surface area (Å²) in [4.78, 5) is 29.6. The predicted octanol–water partition coefficient (Wildman–Crippen LogP) is 5.36. The number of carbonyl (C=O) groups excluding carboxylic acids is 2. The van der Waals surface area contributed by atoms with Crippen LogP contribution in [-0.2, 0) is 14.3 Å². The number of hydrogen-bond acceptors (Lipinski definition) is 6. The van der Waals surface area contributed by atoms with Gasteiger partial charge in [-0.2, -0.15) is 0 Å². The second kappa shape index (κ2) is 10.3. The first-order valence-corrected chi connectivity index (χ1v) is 11.1. The van der Waals surface area contributed by atoms with Crippen LogP contribution in [0, 0.1) is 13.8 Å². The van der Waals surface area contributed by atoms with Crippen LogP contribution in [0.15, 0.2) is 59.2 Å². The molecule has 1 heterocycles. The second-order valence-corrected chi connectivity index (χ2v) is 8.60. The van der Waals surface area contributed by atoms with Crippen molar-refractivity contribution in [2.45, 2.75) is 39.4 Å². The zero-order valence-electron chi connectivity index (χ0n) is 18.2. The molecule has 0 aliphatic carbocycles. The number of aryl methyl sites for hydroxylation is 1. The Kier molecular flexibility index (Phi) is 7.52. The molecule has 1 atom stereocenters. The van der Waals surface area contributed by atoms with Gasteiger partial charge in [0, 0.05) is 11.4 Å². The lowest BCUT2D eigenvalue weighted by molar-refractivity contribution is -0.142. The molecule has 7 heteroatoms. The summed E-state index contributed by atoms with van der Waals surface area (Å²) >= 11 is 1.35. The average Bonchev–Trinajstić information content (AvgIpc) is 2.89. The van der Waals surface area contributed by atoms with Gasteiger partial charge < -0.3 is 15.4 Å². The number of benzene rings is 2. The lowest BCUT2D eigenvalue weighted by Gasteiger charge is -2.14. The van der Waals surface area contributed by atoms with E-state index in [-0.39, 0.29) is 23.5 Å². The van der Waals surface area contributed by atoms with Gasteiger partial charge in [0.25, 0.3) is 0 Å². The van der Waals surface area contributed by atoms with Crippen LogP contribution in [0.2, 0.25) is 0 Å². The molecule has 0 saturated heterocycles. The van der Waals surface area contributed by atoms with E-state index in [0.717, 1.165) is 28.2 Å². The Morgan fingerprint density at radius 2 is 1.94 bits per heavy atom. The maximum Gasteiger partial charge on any atom is 0.311 e. The lowest BCUT2D eigenvalue weighted by atomic mass is 10.1. The molecule has 2 aromatic rings. The molecule has 31 heavy (non-hydrogen) atoms. The fourth-order valence-electron chi connectivity index (χ4n) is 3.06. The number of fused-ring (bicyclic) bond motifs is 1. The van der Waals surface area contributed by atoms with E-state index in [4.69, 9.17) is 9.73 Å². The summed E-state index contributed by atoms with van der Waals surface area (Å²) in [5, 5.41) is 6.54. The number of nitrogens with one attached hydrogen (secondary N) is 2. The SMILES string of the molecule is CCOC(=O)CC1=CC(SC(C)C(=O)Nc2cccc(C)c2C)=Nc2ccccc2N1. The minimum atomic E-state index is -0.385. The number of nitrogens with zero attached hydrogens (tertiary/aromatic N) is 1. The molecule has 1 unspecified atom stereocenters. The van der Waals surface area contributed by atoms with Crippen LogP contribution in [-0.4, -0.2) is 28.8 Å². The van der Waals surface area contributed by atoms with Gasteiger partial charge in [-0.05, 0) is 63.1 Å². The summed E-state index contributed by atoms with van der Waals surface area (Å²) < 4.78 is 5.08. The standard InChI is InChI=1S/C24H27N3O3S/c1-5-30-23(28)14-18-13-22(26-21-11-7-6-10-20(21)25-18)31-17(4)24(29)27-19-12-8-9-15(2)16(19)3/h6-13,17,25H,5,14H2,1-4H3,(H,27,29). The molecule has 162 valence electrons. The van der Waals surface area contributed by atoms with Crippen molar-refractivity contribution < 1.29 is 14.3 Å². The van der Waals surface area contributed by atoms with Gasteiger partial charge in [-0.25, -0.2) is 4.99 Å². The Hall–Kier alpha value is -3.06. The van der Waals surface area contributed by atoms with Gasteiger partial charge in [0.05, 0.1) is 34.7 Å². The average molecular weight is 438 g/mol. The van der Waals surface area contributed by atoms with Gasteiger partial charge >= 0.3 is 5.97 Å². The summed E-state index contributed by atoms with van der Waals surface area (Å²) in [6, 6.07) is 13.5. The molecule has 0 saturated carbocycles. The Balaban J connectivity index is 1.79. The summed E-state index contributed by atoms with van der Waals surface area (Å²) in [5.41, 5.74) is 5.22. The lowest BCUT2D eigenvalue weighted by Crippen LogP contribution is -2.24. The maximum atomic E-state index is 12.8. The van der Waals surface area contributed by atoms with E-state index < -0.39 is 0 Å². The largest absolute Gasteiger partial charge is 0.466 e. The van der Waals surface area contributed by atoms with Gasteiger partial charge in [0.15, 0.2) is 0 Å². The van der Waals surface area contributed by atoms with Crippen LogP contribution < -0.4 is 10.6 Å². The molecule has 0 aromatic heterocycles. The van der Waals surface area contributed by atoms with E-state index in [0.29, 0.717) is 17.3 Å². The first kappa shape index (κ1) is 22.6. The van der Waals surface area contributed by atoms with E-state index in [1.807, 2.05) is 69.3 Å². The molecule has 0 spiro atoms. The van der Waals surface area contributed by atoms with Gasteiger partial charge in [-0.15, -0.1) is 0 Å². The van der Waals surface area contributed by atoms with E-state index in [1.54, 1.807) is 6.92 Å². The first-order chi connectivity index (χ1) is 14.9. The molecule has 3 rings (SSSR count). The van der Waals surface area contributed by atoms with Crippen molar-refractivity contribution in [1.82, 2.24) is 0 Å². The first-order valence-electron chi connectivity index (χ1n) is 10.2. The number of esters is 1. The number of thioether (sulfide) groups is 1. The molecule has 2 aromatic carbocycles. The molecule has 2 N–H and O–H groups in total. The fourth-order valence-corrected chi connectivity index (χ4v) is 3.95. The number of anilines is 2. The zero-order valence-corrected chi connectivity index (χ0v) is 19.0. The number of para-hydroxylation sites is 2. The van der Waals surface area contributed by atoms with Crippen molar-refractivity contribution in [3.05, 3.63) is 65.4 Å². The highest BCUT2D eigenvalue weighted by Gasteiger charge is 2.20. The smallest absolute Gasteiger partial charge is 0.311 e. The number of amides is 1. The molecule has 1 amide bonds. The zero-order chi connectivity index (χ0) is 22.4. The number of ether oxygens (including phenoxy) is 1. The van der Waals surface area contributed by atoms with Gasteiger partial charge in [-0.3, -0.25) is 9.59 Å². The van der Waals surface area contributed by atoms with Crippen LogP contribution in [0.4, 0.5) is 17.1 Å². The molecular formula is C24H27N3O3S. The minimum Gasteiger partial charge on any atom is -0.466 e. The fraction of sp³-hybridized carbons (Fsp3) is 0.292. The number of aliphatic imine (C=N–C) groups is 1. The van der Waals surface area contributed by atoms with Crippen molar-refractivity contribution in [1.29, 1.82) is 0 Å². The number of rotatable bonds is 6. The van der Waals surface area contributed by atoms with E-state index >= 15 is 0 Å². The molecule has 1 aliphatic heterocycles. The highest BCUT2D eigenvalue weighted by molar-refractivity contribution is 8.15. The quantitative estimate of drug-likeness (QED) is 0.595. The molecule has 0 radical (unpaired) electrons. The van der Waals surface area contributed by atoms with Gasteiger partial charge in [0.1, 0.15) is 0 Å². The van der Waals surface area contributed by atoms with E-state index in [2.05, 4.69) is 10.6 Å². The van der Waals surface area contributed by atoms with E-state index in [9.17, 15) is 9.59 Å². The summed E-state index contributed by atoms with van der Waals surface area (Å²) in [7, 11) is 0. The monoisotopic (exact) mass is 437 g/mol. The van der Waals surface area contributed by atoms with E-state index in [1.165, 1.54) is 11.8 Å². The van der Waals surface area contributed by atoms with Crippen LogP contribution in [0.1, 0.15) is 31.4 Å².